The van der Waals surface area contributed by atoms with Crippen LogP contribution in [0.4, 0.5) is 4.39 Å². The van der Waals surface area contributed by atoms with Crippen LogP contribution in [-0.4, -0.2) is 40.3 Å². The number of sulfonamides is 1. The van der Waals surface area contributed by atoms with E-state index in [-0.39, 0.29) is 24.4 Å². The van der Waals surface area contributed by atoms with Crippen LogP contribution in [0.25, 0.3) is 0 Å². The molecule has 0 aliphatic rings. The van der Waals surface area contributed by atoms with Crippen LogP contribution in [0.1, 0.15) is 15.9 Å². The van der Waals surface area contributed by atoms with Crippen molar-refractivity contribution in [3.63, 3.8) is 0 Å². The molecule has 8 heteroatoms. The lowest BCUT2D eigenvalue weighted by Crippen LogP contribution is -2.35. The number of hydrogen-bond acceptors (Lipinski definition) is 4. The van der Waals surface area contributed by atoms with Gasteiger partial charge < -0.3 is 10.1 Å². The minimum Gasteiger partial charge on any atom is -0.497 e. The third-order valence-corrected chi connectivity index (χ3v) is 5.04. The molecule has 140 valence electrons. The Morgan fingerprint density at radius 3 is 2.31 bits per heavy atom. The number of hydrogen-bond donors (Lipinski definition) is 2. The first-order chi connectivity index (χ1) is 12.4. The van der Waals surface area contributed by atoms with Crippen molar-refractivity contribution in [2.24, 2.45) is 0 Å². The Morgan fingerprint density at radius 1 is 1.04 bits per heavy atom. The van der Waals surface area contributed by atoms with Crippen molar-refractivity contribution in [2.75, 3.05) is 26.0 Å². The van der Waals surface area contributed by atoms with Crippen LogP contribution in [-0.2, 0) is 16.4 Å². The van der Waals surface area contributed by atoms with Crippen molar-refractivity contribution >= 4 is 15.9 Å². The van der Waals surface area contributed by atoms with Gasteiger partial charge in [-0.1, -0.05) is 12.1 Å². The maximum absolute atomic E-state index is 12.8. The highest BCUT2D eigenvalue weighted by atomic mass is 32.2. The quantitative estimate of drug-likeness (QED) is 0.694. The molecule has 0 spiro atoms. The summed E-state index contributed by atoms with van der Waals surface area (Å²) in [5, 5.41) is 2.50. The van der Waals surface area contributed by atoms with Crippen molar-refractivity contribution < 1.29 is 22.3 Å². The Morgan fingerprint density at radius 2 is 1.69 bits per heavy atom. The minimum absolute atomic E-state index is 0.0337. The number of carbonyl (C=O) groups excluding carboxylic acids is 1. The van der Waals surface area contributed by atoms with Crippen LogP contribution in [0.2, 0.25) is 0 Å². The molecule has 0 aliphatic heterocycles. The molecule has 0 atom stereocenters. The summed E-state index contributed by atoms with van der Waals surface area (Å²) in [6.07, 6.45) is 0.547. The molecule has 0 saturated carbocycles. The number of halogens is 1. The predicted octanol–water partition coefficient (Wildman–Crippen LogP) is 1.73. The van der Waals surface area contributed by atoms with E-state index in [2.05, 4.69) is 10.0 Å². The summed E-state index contributed by atoms with van der Waals surface area (Å²) in [7, 11) is -1.92. The first kappa shape index (κ1) is 19.9. The number of amides is 1. The van der Waals surface area contributed by atoms with Crippen molar-refractivity contribution in [2.45, 2.75) is 6.42 Å². The summed E-state index contributed by atoms with van der Waals surface area (Å²) in [5.74, 6) is -0.377. The summed E-state index contributed by atoms with van der Waals surface area (Å²) in [6, 6.07) is 12.4. The number of carbonyl (C=O) groups is 1. The molecule has 0 radical (unpaired) electrons. The maximum Gasteiger partial charge on any atom is 0.251 e. The third kappa shape index (κ3) is 6.45. The van der Waals surface area contributed by atoms with Gasteiger partial charge in [-0.05, 0) is 48.4 Å². The lowest BCUT2D eigenvalue weighted by molar-refractivity contribution is 0.0956. The Kier molecular flexibility index (Phi) is 7.11. The van der Waals surface area contributed by atoms with Crippen LogP contribution >= 0.6 is 0 Å². The van der Waals surface area contributed by atoms with E-state index in [1.54, 1.807) is 7.11 Å². The predicted molar refractivity (Wildman–Crippen MR) is 97.2 cm³/mol. The molecule has 2 aromatic rings. The molecule has 26 heavy (non-hydrogen) atoms. The summed E-state index contributed by atoms with van der Waals surface area (Å²) >= 11 is 0. The van der Waals surface area contributed by atoms with Crippen LogP contribution < -0.4 is 14.8 Å². The Bertz CT molecular complexity index is 821. The SMILES string of the molecule is COc1ccc(CCNS(=O)(=O)CCNC(=O)c2ccc(F)cc2)cc1. The highest BCUT2D eigenvalue weighted by molar-refractivity contribution is 7.89. The number of benzene rings is 2. The summed E-state index contributed by atoms with van der Waals surface area (Å²) < 4.78 is 44.3. The molecule has 0 heterocycles. The van der Waals surface area contributed by atoms with E-state index in [1.165, 1.54) is 24.3 Å². The first-order valence-corrected chi connectivity index (χ1v) is 9.69. The van der Waals surface area contributed by atoms with E-state index in [4.69, 9.17) is 4.74 Å². The van der Waals surface area contributed by atoms with Crippen LogP contribution in [0.5, 0.6) is 5.75 Å². The topological polar surface area (TPSA) is 84.5 Å². The molecule has 0 aliphatic carbocycles. The van der Waals surface area contributed by atoms with Crippen molar-refractivity contribution in [3.8, 4) is 5.75 Å². The number of nitrogens with one attached hydrogen (secondary N) is 2. The third-order valence-electron chi connectivity index (χ3n) is 3.66. The van der Waals surface area contributed by atoms with E-state index in [0.717, 1.165) is 11.3 Å². The van der Waals surface area contributed by atoms with E-state index in [0.29, 0.717) is 6.42 Å². The standard InChI is InChI=1S/C18H21FN2O4S/c1-25-17-8-2-14(3-9-17)10-11-21-26(23,24)13-12-20-18(22)15-4-6-16(19)7-5-15/h2-9,21H,10-13H2,1H3,(H,20,22). The lowest BCUT2D eigenvalue weighted by atomic mass is 10.1. The molecule has 0 unspecified atom stereocenters. The second-order valence-corrected chi connectivity index (χ2v) is 7.50. The van der Waals surface area contributed by atoms with E-state index >= 15 is 0 Å². The average Bonchev–Trinajstić information content (AvgIpc) is 2.62. The highest BCUT2D eigenvalue weighted by Crippen LogP contribution is 2.11. The molecular formula is C18H21FN2O4S. The van der Waals surface area contributed by atoms with Gasteiger partial charge in [0.05, 0.1) is 12.9 Å². The fourth-order valence-corrected chi connectivity index (χ4v) is 3.15. The smallest absolute Gasteiger partial charge is 0.251 e. The fourth-order valence-electron chi connectivity index (χ4n) is 2.22. The van der Waals surface area contributed by atoms with Gasteiger partial charge in [-0.25, -0.2) is 17.5 Å². The molecule has 2 aromatic carbocycles. The van der Waals surface area contributed by atoms with Gasteiger partial charge in [0.1, 0.15) is 11.6 Å². The van der Waals surface area contributed by atoms with Crippen molar-refractivity contribution in [1.29, 1.82) is 0 Å². The van der Waals surface area contributed by atoms with Crippen molar-refractivity contribution in [1.82, 2.24) is 10.0 Å². The Balaban J connectivity index is 1.72. The largest absolute Gasteiger partial charge is 0.497 e. The molecule has 6 nitrogen and oxygen atoms in total. The fraction of sp³-hybridized carbons (Fsp3) is 0.278. The van der Waals surface area contributed by atoms with E-state index in [1.807, 2.05) is 24.3 Å². The molecule has 2 rings (SSSR count). The highest BCUT2D eigenvalue weighted by Gasteiger charge is 2.11. The van der Waals surface area contributed by atoms with Gasteiger partial charge in [0.2, 0.25) is 10.0 Å². The Hall–Kier alpha value is -2.45. The van der Waals surface area contributed by atoms with E-state index < -0.39 is 21.7 Å². The molecule has 0 aromatic heterocycles. The zero-order chi connectivity index (χ0) is 19.0. The lowest BCUT2D eigenvalue weighted by Gasteiger charge is -2.08. The number of methoxy groups -OCH3 is 1. The zero-order valence-electron chi connectivity index (χ0n) is 14.4. The monoisotopic (exact) mass is 380 g/mol. The average molecular weight is 380 g/mol. The molecular weight excluding hydrogens is 359 g/mol. The first-order valence-electron chi connectivity index (χ1n) is 8.04. The van der Waals surface area contributed by atoms with Gasteiger partial charge in [0, 0.05) is 18.7 Å². The van der Waals surface area contributed by atoms with E-state index in [9.17, 15) is 17.6 Å². The molecule has 0 saturated heterocycles. The molecule has 0 fully saturated rings. The van der Waals surface area contributed by atoms with Crippen molar-refractivity contribution in [3.05, 3.63) is 65.5 Å². The molecule has 2 N–H and O–H groups in total. The van der Waals surface area contributed by atoms with Gasteiger partial charge in [-0.15, -0.1) is 0 Å². The maximum atomic E-state index is 12.8. The van der Waals surface area contributed by atoms with Crippen LogP contribution in [0.15, 0.2) is 48.5 Å². The normalized spacial score (nSPS) is 11.2. The van der Waals surface area contributed by atoms with Gasteiger partial charge in [0.15, 0.2) is 0 Å². The summed E-state index contributed by atoms with van der Waals surface area (Å²) in [6.45, 7) is 0.231. The van der Waals surface area contributed by atoms with Gasteiger partial charge in [-0.2, -0.15) is 0 Å². The molecule has 0 bridgehead atoms. The summed E-state index contributed by atoms with van der Waals surface area (Å²) in [4.78, 5) is 11.8. The minimum atomic E-state index is -3.50. The second kappa shape index (κ2) is 9.30. The van der Waals surface area contributed by atoms with Crippen LogP contribution in [0.3, 0.4) is 0 Å². The van der Waals surface area contributed by atoms with Gasteiger partial charge in [0.25, 0.3) is 5.91 Å². The zero-order valence-corrected chi connectivity index (χ0v) is 15.2. The summed E-state index contributed by atoms with van der Waals surface area (Å²) in [5.41, 5.74) is 1.26. The second-order valence-electron chi connectivity index (χ2n) is 5.57. The molecule has 1 amide bonds. The van der Waals surface area contributed by atoms with Gasteiger partial charge in [-0.3, -0.25) is 4.79 Å². The van der Waals surface area contributed by atoms with Gasteiger partial charge >= 0.3 is 0 Å². The Labute approximate surface area is 152 Å². The number of ether oxygens (including phenoxy) is 1. The number of rotatable bonds is 9. The van der Waals surface area contributed by atoms with Crippen LogP contribution in [0, 0.1) is 5.82 Å².